The molecule has 90 valence electrons. The first kappa shape index (κ1) is 13.0. The molecule has 3 atom stereocenters. The second-order valence-corrected chi connectivity index (χ2v) is 4.98. The highest BCUT2D eigenvalue weighted by Crippen LogP contribution is 2.25. The second kappa shape index (κ2) is 6.49. The van der Waals surface area contributed by atoms with E-state index in [0.717, 1.165) is 18.1 Å². The summed E-state index contributed by atoms with van der Waals surface area (Å²) in [6.07, 6.45) is 6.64. The zero-order valence-corrected chi connectivity index (χ0v) is 10.9. The molecule has 0 aromatic heterocycles. The van der Waals surface area contributed by atoms with Gasteiger partial charge in [-0.2, -0.15) is 0 Å². The van der Waals surface area contributed by atoms with E-state index in [4.69, 9.17) is 0 Å². The number of likely N-dealkylation sites (N-methyl/N-ethyl adjacent to an activating group) is 1. The van der Waals surface area contributed by atoms with Crippen molar-refractivity contribution in [3.63, 3.8) is 0 Å². The van der Waals surface area contributed by atoms with Crippen LogP contribution in [0.25, 0.3) is 0 Å². The van der Waals surface area contributed by atoms with Crippen LogP contribution < -0.4 is 5.32 Å². The van der Waals surface area contributed by atoms with Crippen molar-refractivity contribution in [3.8, 4) is 0 Å². The largest absolute Gasteiger partial charge is 0.312 e. The average molecular weight is 212 g/mol. The molecule has 3 unspecified atom stereocenters. The first-order valence-corrected chi connectivity index (χ1v) is 6.66. The molecule has 1 fully saturated rings. The molecule has 2 heteroatoms. The van der Waals surface area contributed by atoms with Crippen LogP contribution in [0, 0.1) is 0 Å². The van der Waals surface area contributed by atoms with E-state index in [1.807, 2.05) is 0 Å². The molecule has 0 radical (unpaired) electrons. The predicted octanol–water partition coefficient (Wildman–Crippen LogP) is 2.64. The van der Waals surface area contributed by atoms with Crippen LogP contribution in [0.1, 0.15) is 52.9 Å². The molecule has 2 nitrogen and oxygen atoms in total. The van der Waals surface area contributed by atoms with Gasteiger partial charge in [0.15, 0.2) is 0 Å². The minimum Gasteiger partial charge on any atom is -0.312 e. The molecule has 1 N–H and O–H groups in total. The van der Waals surface area contributed by atoms with E-state index in [1.165, 1.54) is 38.6 Å². The Morgan fingerprint density at radius 2 is 2.07 bits per heavy atom. The lowest BCUT2D eigenvalue weighted by Gasteiger charge is -2.34. The first-order chi connectivity index (χ1) is 7.20. The fourth-order valence-corrected chi connectivity index (χ4v) is 2.61. The van der Waals surface area contributed by atoms with Gasteiger partial charge in [-0.25, -0.2) is 0 Å². The third-order valence-corrected chi connectivity index (χ3v) is 3.95. The third kappa shape index (κ3) is 3.46. The van der Waals surface area contributed by atoms with Gasteiger partial charge in [-0.1, -0.05) is 20.3 Å². The Bertz CT molecular complexity index is 170. The molecule has 0 saturated heterocycles. The Labute approximate surface area is 95.4 Å². The molecule has 0 amide bonds. The van der Waals surface area contributed by atoms with Crippen molar-refractivity contribution in [2.24, 2.45) is 0 Å². The molecule has 0 spiro atoms. The normalized spacial score (nSPS) is 28.6. The van der Waals surface area contributed by atoms with Crippen molar-refractivity contribution >= 4 is 0 Å². The summed E-state index contributed by atoms with van der Waals surface area (Å²) in [5.74, 6) is 0. The van der Waals surface area contributed by atoms with E-state index in [-0.39, 0.29) is 0 Å². The van der Waals surface area contributed by atoms with E-state index in [9.17, 15) is 0 Å². The minimum atomic E-state index is 0.721. The quantitative estimate of drug-likeness (QED) is 0.728. The van der Waals surface area contributed by atoms with Gasteiger partial charge in [0, 0.05) is 18.1 Å². The predicted molar refractivity (Wildman–Crippen MR) is 67.2 cm³/mol. The lowest BCUT2D eigenvalue weighted by atomic mass is 10.1. The Morgan fingerprint density at radius 1 is 1.33 bits per heavy atom. The molecule has 0 aromatic carbocycles. The van der Waals surface area contributed by atoms with Crippen molar-refractivity contribution in [1.82, 2.24) is 10.2 Å². The lowest BCUT2D eigenvalue weighted by Crippen LogP contribution is -2.48. The number of hydrogen-bond donors (Lipinski definition) is 1. The maximum atomic E-state index is 3.70. The van der Waals surface area contributed by atoms with Crippen LogP contribution in [0.15, 0.2) is 0 Å². The molecule has 1 aliphatic carbocycles. The summed E-state index contributed by atoms with van der Waals surface area (Å²) in [6.45, 7) is 8.05. The summed E-state index contributed by atoms with van der Waals surface area (Å²) in [4.78, 5) is 2.58. The van der Waals surface area contributed by atoms with Gasteiger partial charge in [0.2, 0.25) is 0 Å². The van der Waals surface area contributed by atoms with Crippen molar-refractivity contribution in [3.05, 3.63) is 0 Å². The zero-order chi connectivity index (χ0) is 11.3. The molecular weight excluding hydrogens is 184 g/mol. The van der Waals surface area contributed by atoms with Gasteiger partial charge < -0.3 is 5.32 Å². The molecule has 0 aliphatic heterocycles. The van der Waals surface area contributed by atoms with Crippen LogP contribution in [0.4, 0.5) is 0 Å². The highest BCUT2D eigenvalue weighted by atomic mass is 15.2. The van der Waals surface area contributed by atoms with Crippen LogP contribution in [0.3, 0.4) is 0 Å². The molecule has 1 rings (SSSR count). The van der Waals surface area contributed by atoms with E-state index in [2.05, 4.69) is 38.0 Å². The Morgan fingerprint density at radius 3 is 2.67 bits per heavy atom. The van der Waals surface area contributed by atoms with Crippen LogP contribution in [-0.2, 0) is 0 Å². The van der Waals surface area contributed by atoms with Crippen LogP contribution in [0.5, 0.6) is 0 Å². The Balaban J connectivity index is 2.44. The summed E-state index contributed by atoms with van der Waals surface area (Å²) in [6, 6.07) is 2.23. The summed E-state index contributed by atoms with van der Waals surface area (Å²) in [5, 5.41) is 3.70. The van der Waals surface area contributed by atoms with Crippen LogP contribution in [-0.4, -0.2) is 36.6 Å². The van der Waals surface area contributed by atoms with Crippen molar-refractivity contribution in [1.29, 1.82) is 0 Å². The van der Waals surface area contributed by atoms with Crippen molar-refractivity contribution < 1.29 is 0 Å². The molecular formula is C13H28N2. The summed E-state index contributed by atoms with van der Waals surface area (Å²) < 4.78 is 0. The molecule has 1 saturated carbocycles. The van der Waals surface area contributed by atoms with Gasteiger partial charge in [-0.15, -0.1) is 0 Å². The average Bonchev–Trinajstić information content (AvgIpc) is 2.72. The maximum Gasteiger partial charge on any atom is 0.0249 e. The zero-order valence-electron chi connectivity index (χ0n) is 10.9. The fourth-order valence-electron chi connectivity index (χ4n) is 2.61. The van der Waals surface area contributed by atoms with Gasteiger partial charge >= 0.3 is 0 Å². The van der Waals surface area contributed by atoms with Gasteiger partial charge in [0.05, 0.1) is 0 Å². The fraction of sp³-hybridized carbons (Fsp3) is 1.00. The summed E-state index contributed by atoms with van der Waals surface area (Å²) >= 11 is 0. The van der Waals surface area contributed by atoms with Crippen molar-refractivity contribution in [2.75, 3.05) is 13.6 Å². The van der Waals surface area contributed by atoms with E-state index in [1.54, 1.807) is 0 Å². The van der Waals surface area contributed by atoms with Crippen LogP contribution in [0.2, 0.25) is 0 Å². The second-order valence-electron chi connectivity index (χ2n) is 4.98. The smallest absolute Gasteiger partial charge is 0.0249 e. The molecule has 0 aromatic rings. The first-order valence-electron chi connectivity index (χ1n) is 6.66. The van der Waals surface area contributed by atoms with Gasteiger partial charge in [-0.3, -0.25) is 4.90 Å². The van der Waals surface area contributed by atoms with Gasteiger partial charge in [0.25, 0.3) is 0 Å². The highest BCUT2D eigenvalue weighted by Gasteiger charge is 2.31. The van der Waals surface area contributed by atoms with Gasteiger partial charge in [-0.05, 0) is 46.2 Å². The molecule has 0 heterocycles. The number of nitrogens with one attached hydrogen (secondary N) is 1. The number of nitrogens with zero attached hydrogens (tertiary/aromatic N) is 1. The lowest BCUT2D eigenvalue weighted by molar-refractivity contribution is 0.158. The number of hydrogen-bond acceptors (Lipinski definition) is 2. The maximum absolute atomic E-state index is 3.70. The van der Waals surface area contributed by atoms with Crippen LogP contribution >= 0.6 is 0 Å². The SMILES string of the molecule is CCCNC1CCCC1N(C)C(C)CC. The van der Waals surface area contributed by atoms with Crippen molar-refractivity contribution in [2.45, 2.75) is 71.0 Å². The Kier molecular flexibility index (Phi) is 5.62. The molecule has 15 heavy (non-hydrogen) atoms. The third-order valence-electron chi connectivity index (χ3n) is 3.95. The topological polar surface area (TPSA) is 15.3 Å². The molecule has 1 aliphatic rings. The summed E-state index contributed by atoms with van der Waals surface area (Å²) in [5.41, 5.74) is 0. The van der Waals surface area contributed by atoms with E-state index >= 15 is 0 Å². The standard InChI is InChI=1S/C13H28N2/c1-5-10-14-12-8-7-9-13(12)15(4)11(3)6-2/h11-14H,5-10H2,1-4H3. The number of rotatable bonds is 6. The monoisotopic (exact) mass is 212 g/mol. The minimum absolute atomic E-state index is 0.721. The molecule has 0 bridgehead atoms. The van der Waals surface area contributed by atoms with Gasteiger partial charge in [0.1, 0.15) is 0 Å². The van der Waals surface area contributed by atoms with E-state index < -0.39 is 0 Å². The summed E-state index contributed by atoms with van der Waals surface area (Å²) in [7, 11) is 2.30. The van der Waals surface area contributed by atoms with E-state index in [0.29, 0.717) is 0 Å². The highest BCUT2D eigenvalue weighted by molar-refractivity contribution is 4.90. The Hall–Kier alpha value is -0.0800.